The van der Waals surface area contributed by atoms with E-state index in [-0.39, 0.29) is 62.8 Å². The summed E-state index contributed by atoms with van der Waals surface area (Å²) in [5.41, 5.74) is 5.55. The van der Waals surface area contributed by atoms with Crippen LogP contribution in [0.5, 0.6) is 11.5 Å². The molecule has 2 aliphatic rings. The van der Waals surface area contributed by atoms with Crippen LogP contribution in [0, 0.1) is 0 Å². The summed E-state index contributed by atoms with van der Waals surface area (Å²) in [6.45, 7) is -0.0861. The van der Waals surface area contributed by atoms with E-state index in [0.29, 0.717) is 5.75 Å². The van der Waals surface area contributed by atoms with Crippen LogP contribution in [-0.2, 0) is 24.2 Å². The molecule has 2 saturated heterocycles. The third-order valence-electron chi connectivity index (χ3n) is 6.61. The van der Waals surface area contributed by atoms with Crippen molar-refractivity contribution in [3.8, 4) is 11.5 Å². The van der Waals surface area contributed by atoms with Crippen molar-refractivity contribution in [3.05, 3.63) is 48.5 Å². The zero-order chi connectivity index (χ0) is 29.1. The van der Waals surface area contributed by atoms with Crippen molar-refractivity contribution in [2.45, 2.75) is 35.3 Å². The normalized spacial score (nSPS) is 17.7. The number of alkyl halides is 3. The molecule has 0 atom stereocenters. The van der Waals surface area contributed by atoms with Gasteiger partial charge in [-0.15, -0.1) is 13.2 Å². The first-order valence-corrected chi connectivity index (χ1v) is 13.7. The number of imide groups is 1. The average molecular weight is 586 g/mol. The van der Waals surface area contributed by atoms with Gasteiger partial charge in [0.2, 0.25) is 5.91 Å². The number of ether oxygens (including phenoxy) is 3. The number of primary amides is 1. The van der Waals surface area contributed by atoms with Crippen LogP contribution in [0.3, 0.4) is 0 Å². The number of carbonyl (C=O) groups excluding carboxylic acids is 3. The predicted octanol–water partition coefficient (Wildman–Crippen LogP) is 2.63. The standard InChI is InChI=1S/C25H26F3N3O8S/c26-25(27,28)39-19-4-1-3-17(15-19)31-16-21(32)30(23(31)34)11-2-12-38-18-5-7-20(8-6-18)40(35,36)24(22(29)33)9-13-37-14-10-24/h1,3-8,15H,2,9-14,16H2,(H2,29,33). The first-order valence-electron chi connectivity index (χ1n) is 12.2. The molecule has 15 heteroatoms. The molecule has 0 radical (unpaired) electrons. The Kier molecular flexibility index (Phi) is 8.25. The van der Waals surface area contributed by atoms with Crippen LogP contribution >= 0.6 is 0 Å². The number of anilines is 1. The zero-order valence-corrected chi connectivity index (χ0v) is 21.9. The van der Waals surface area contributed by atoms with E-state index >= 15 is 0 Å². The van der Waals surface area contributed by atoms with Gasteiger partial charge in [0.05, 0.1) is 11.5 Å². The first kappa shape index (κ1) is 29.1. The molecule has 2 heterocycles. The zero-order valence-electron chi connectivity index (χ0n) is 21.1. The molecule has 2 aromatic rings. The monoisotopic (exact) mass is 585 g/mol. The number of nitrogens with two attached hydrogens (primary N) is 1. The summed E-state index contributed by atoms with van der Waals surface area (Å²) in [7, 11) is -4.09. The third kappa shape index (κ3) is 5.99. The highest BCUT2D eigenvalue weighted by atomic mass is 32.2. The number of rotatable bonds is 10. The number of sulfone groups is 1. The lowest BCUT2D eigenvalue weighted by molar-refractivity contribution is -0.274. The molecular formula is C25H26F3N3O8S. The van der Waals surface area contributed by atoms with Crippen LogP contribution in [0.1, 0.15) is 19.3 Å². The molecule has 2 aromatic carbocycles. The van der Waals surface area contributed by atoms with Gasteiger partial charge in [-0.2, -0.15) is 0 Å². The van der Waals surface area contributed by atoms with E-state index in [0.717, 1.165) is 21.9 Å². The maximum atomic E-state index is 13.2. The lowest BCUT2D eigenvalue weighted by Gasteiger charge is -2.33. The van der Waals surface area contributed by atoms with Gasteiger partial charge in [-0.3, -0.25) is 19.4 Å². The van der Waals surface area contributed by atoms with Gasteiger partial charge >= 0.3 is 12.4 Å². The summed E-state index contributed by atoms with van der Waals surface area (Å²) in [5, 5.41) is 0. The smallest absolute Gasteiger partial charge is 0.494 e. The lowest BCUT2D eigenvalue weighted by atomic mass is 9.98. The van der Waals surface area contributed by atoms with E-state index in [2.05, 4.69) is 4.74 Å². The summed E-state index contributed by atoms with van der Waals surface area (Å²) in [6, 6.07) is 9.53. The number of halogens is 3. The Hall–Kier alpha value is -3.85. The molecule has 0 aromatic heterocycles. The molecule has 2 fully saturated rings. The summed E-state index contributed by atoms with van der Waals surface area (Å²) >= 11 is 0. The minimum Gasteiger partial charge on any atom is -0.494 e. The number of hydrogen-bond donors (Lipinski definition) is 1. The van der Waals surface area contributed by atoms with Gasteiger partial charge in [0, 0.05) is 31.5 Å². The molecule has 4 rings (SSSR count). The third-order valence-corrected chi connectivity index (χ3v) is 9.14. The van der Waals surface area contributed by atoms with Crippen LogP contribution in [0.4, 0.5) is 23.7 Å². The number of amides is 4. The van der Waals surface area contributed by atoms with Crippen molar-refractivity contribution < 1.29 is 50.2 Å². The molecule has 216 valence electrons. The lowest BCUT2D eigenvalue weighted by Crippen LogP contribution is -2.53. The topological polar surface area (TPSA) is 146 Å². The van der Waals surface area contributed by atoms with Gasteiger partial charge in [0.1, 0.15) is 18.0 Å². The summed E-state index contributed by atoms with van der Waals surface area (Å²) in [6.07, 6.45) is -4.75. The fraction of sp³-hybridized carbons (Fsp3) is 0.400. The van der Waals surface area contributed by atoms with Crippen LogP contribution in [0.15, 0.2) is 53.4 Å². The molecule has 2 aliphatic heterocycles. The number of urea groups is 1. The van der Waals surface area contributed by atoms with Gasteiger partial charge in [-0.05, 0) is 55.7 Å². The second-order valence-corrected chi connectivity index (χ2v) is 11.4. The van der Waals surface area contributed by atoms with E-state index in [9.17, 15) is 36.0 Å². The minimum absolute atomic E-state index is 0.0113. The highest BCUT2D eigenvalue weighted by molar-refractivity contribution is 7.93. The Labute approximate surface area is 227 Å². The van der Waals surface area contributed by atoms with Crippen molar-refractivity contribution in [1.82, 2.24) is 4.90 Å². The van der Waals surface area contributed by atoms with Crippen molar-refractivity contribution in [1.29, 1.82) is 0 Å². The number of benzene rings is 2. The van der Waals surface area contributed by atoms with E-state index in [1.54, 1.807) is 0 Å². The van der Waals surface area contributed by atoms with E-state index in [1.165, 1.54) is 36.4 Å². The highest BCUT2D eigenvalue weighted by Gasteiger charge is 2.51. The van der Waals surface area contributed by atoms with Crippen molar-refractivity contribution in [2.75, 3.05) is 37.8 Å². The Morgan fingerprint density at radius 1 is 1.05 bits per heavy atom. The summed E-state index contributed by atoms with van der Waals surface area (Å²) in [5.74, 6) is -1.66. The summed E-state index contributed by atoms with van der Waals surface area (Å²) in [4.78, 5) is 39.2. The summed E-state index contributed by atoms with van der Waals surface area (Å²) < 4.78 is 76.9. The van der Waals surface area contributed by atoms with Gasteiger partial charge in [0.15, 0.2) is 14.6 Å². The number of nitrogens with zero attached hydrogens (tertiary/aromatic N) is 2. The minimum atomic E-state index is -4.90. The van der Waals surface area contributed by atoms with E-state index in [4.69, 9.17) is 15.2 Å². The fourth-order valence-electron chi connectivity index (χ4n) is 4.51. The molecule has 40 heavy (non-hydrogen) atoms. The SMILES string of the molecule is NC(=O)C1(S(=O)(=O)c2ccc(OCCCN3C(=O)CN(c4cccc(OC(F)(F)F)c4)C3=O)cc2)CCOCC1. The first-order chi connectivity index (χ1) is 18.8. The molecule has 0 unspecified atom stereocenters. The second kappa shape index (κ2) is 11.3. The second-order valence-electron chi connectivity index (χ2n) is 9.11. The van der Waals surface area contributed by atoms with Gasteiger partial charge < -0.3 is 19.9 Å². The quantitative estimate of drug-likeness (QED) is 0.331. The predicted molar refractivity (Wildman–Crippen MR) is 133 cm³/mol. The fourth-order valence-corrected chi connectivity index (χ4v) is 6.43. The molecule has 11 nitrogen and oxygen atoms in total. The molecule has 2 N–H and O–H groups in total. The van der Waals surface area contributed by atoms with E-state index in [1.807, 2.05) is 0 Å². The maximum absolute atomic E-state index is 13.2. The van der Waals surface area contributed by atoms with Crippen molar-refractivity contribution >= 4 is 33.4 Å². The van der Waals surface area contributed by atoms with Gasteiger partial charge in [-0.1, -0.05) is 6.07 Å². The van der Waals surface area contributed by atoms with Gasteiger partial charge in [0.25, 0.3) is 5.91 Å². The molecule has 0 aliphatic carbocycles. The maximum Gasteiger partial charge on any atom is 0.573 e. The molecular weight excluding hydrogens is 559 g/mol. The molecule has 0 saturated carbocycles. The van der Waals surface area contributed by atoms with Crippen LogP contribution < -0.4 is 20.1 Å². The van der Waals surface area contributed by atoms with Crippen LogP contribution in [0.25, 0.3) is 0 Å². The van der Waals surface area contributed by atoms with E-state index < -0.39 is 44.5 Å². The highest BCUT2D eigenvalue weighted by Crippen LogP contribution is 2.35. The molecule has 4 amide bonds. The Bertz CT molecular complexity index is 1380. The molecule has 0 spiro atoms. The Morgan fingerprint density at radius 2 is 1.73 bits per heavy atom. The van der Waals surface area contributed by atoms with Crippen LogP contribution in [0.2, 0.25) is 0 Å². The average Bonchev–Trinajstić information content (AvgIpc) is 3.19. The van der Waals surface area contributed by atoms with Crippen molar-refractivity contribution in [3.63, 3.8) is 0 Å². The Morgan fingerprint density at radius 3 is 2.35 bits per heavy atom. The van der Waals surface area contributed by atoms with Gasteiger partial charge in [-0.25, -0.2) is 13.2 Å². The number of hydrogen-bond acceptors (Lipinski definition) is 8. The van der Waals surface area contributed by atoms with Crippen molar-refractivity contribution in [2.24, 2.45) is 5.73 Å². The number of carbonyl (C=O) groups is 3. The molecule has 0 bridgehead atoms. The van der Waals surface area contributed by atoms with Crippen LogP contribution in [-0.4, -0.2) is 75.2 Å². The Balaban J connectivity index is 1.32. The largest absolute Gasteiger partial charge is 0.573 e.